The molecule has 92 valence electrons. The summed E-state index contributed by atoms with van der Waals surface area (Å²) in [7, 11) is 0. The third-order valence-corrected chi connectivity index (χ3v) is 2.46. The van der Waals surface area contributed by atoms with E-state index in [0.29, 0.717) is 5.75 Å². The van der Waals surface area contributed by atoms with Crippen LogP contribution < -0.4 is 4.89 Å². The van der Waals surface area contributed by atoms with Crippen LogP contribution in [0.25, 0.3) is 0 Å². The average Bonchev–Trinajstić information content (AvgIpc) is 2.39. The molecule has 3 nitrogen and oxygen atoms in total. The van der Waals surface area contributed by atoms with Gasteiger partial charge >= 0.3 is 5.97 Å². The van der Waals surface area contributed by atoms with Crippen molar-refractivity contribution in [2.24, 2.45) is 0 Å². The molecule has 18 heavy (non-hydrogen) atoms. The van der Waals surface area contributed by atoms with E-state index in [4.69, 9.17) is 4.89 Å². The maximum Gasteiger partial charge on any atom is 0.352 e. The topological polar surface area (TPSA) is 35.5 Å². The highest BCUT2D eigenvalue weighted by molar-refractivity contribution is 5.65. The zero-order chi connectivity index (χ0) is 12.8. The molecular weight excluding hydrogens is 228 g/mol. The highest BCUT2D eigenvalue weighted by atomic mass is 17.2. The van der Waals surface area contributed by atoms with Gasteiger partial charge in [0, 0.05) is 18.9 Å². The summed E-state index contributed by atoms with van der Waals surface area (Å²) in [5, 5.41) is 0. The molecule has 0 amide bonds. The first kappa shape index (κ1) is 12.2. The van der Waals surface area contributed by atoms with Gasteiger partial charge in [0.1, 0.15) is 0 Å². The molecule has 0 aliphatic heterocycles. The summed E-state index contributed by atoms with van der Waals surface area (Å²) in [5.41, 5.74) is 2.15. The van der Waals surface area contributed by atoms with Crippen LogP contribution in [0.15, 0.2) is 54.6 Å². The highest BCUT2D eigenvalue weighted by Crippen LogP contribution is 2.21. The Balaban J connectivity index is 2.14. The van der Waals surface area contributed by atoms with Crippen LogP contribution in [0.5, 0.6) is 5.75 Å². The average molecular weight is 242 g/mol. The Morgan fingerprint density at radius 1 is 1.00 bits per heavy atom. The zero-order valence-electron chi connectivity index (χ0n) is 10.1. The lowest BCUT2D eigenvalue weighted by atomic mass is 10.0. The van der Waals surface area contributed by atoms with Crippen molar-refractivity contribution in [2.75, 3.05) is 0 Å². The molecule has 0 radical (unpaired) electrons. The third kappa shape index (κ3) is 3.35. The van der Waals surface area contributed by atoms with Crippen LogP contribution in [0.1, 0.15) is 18.1 Å². The summed E-state index contributed by atoms with van der Waals surface area (Å²) in [5.74, 6) is 0.0982. The second kappa shape index (κ2) is 5.87. The fourth-order valence-electron chi connectivity index (χ4n) is 1.65. The Morgan fingerprint density at radius 3 is 2.39 bits per heavy atom. The lowest BCUT2D eigenvalue weighted by Crippen LogP contribution is -2.04. The van der Waals surface area contributed by atoms with E-state index in [1.165, 1.54) is 12.5 Å². The minimum absolute atomic E-state index is 0.468. The third-order valence-electron chi connectivity index (χ3n) is 2.46. The van der Waals surface area contributed by atoms with Crippen LogP contribution in [-0.2, 0) is 16.1 Å². The summed E-state index contributed by atoms with van der Waals surface area (Å²) in [6, 6.07) is 17.5. The molecule has 2 rings (SSSR count). The predicted molar refractivity (Wildman–Crippen MR) is 68.1 cm³/mol. The Bertz CT molecular complexity index is 520. The molecule has 0 spiro atoms. The highest BCUT2D eigenvalue weighted by Gasteiger charge is 2.06. The minimum atomic E-state index is -0.468. The number of hydrogen-bond acceptors (Lipinski definition) is 3. The Kier molecular flexibility index (Phi) is 3.97. The molecule has 0 aliphatic rings. The molecule has 2 aromatic rings. The van der Waals surface area contributed by atoms with Gasteiger partial charge in [-0.05, 0) is 11.6 Å². The van der Waals surface area contributed by atoms with Gasteiger partial charge in [-0.3, -0.25) is 9.78 Å². The summed E-state index contributed by atoms with van der Waals surface area (Å²) in [6.07, 6.45) is 0.734. The Hall–Kier alpha value is -2.29. The number of carbonyl (C=O) groups excluding carboxylic acids is 1. The van der Waals surface area contributed by atoms with Gasteiger partial charge in [0.15, 0.2) is 5.75 Å². The van der Waals surface area contributed by atoms with E-state index in [1.54, 1.807) is 6.07 Å². The zero-order valence-corrected chi connectivity index (χ0v) is 10.1. The molecule has 0 bridgehead atoms. The molecule has 2 aromatic carbocycles. The summed E-state index contributed by atoms with van der Waals surface area (Å²) in [4.78, 5) is 20.3. The van der Waals surface area contributed by atoms with Gasteiger partial charge in [-0.1, -0.05) is 48.5 Å². The number of carbonyl (C=O) groups is 1. The first-order valence-corrected chi connectivity index (χ1v) is 5.72. The van der Waals surface area contributed by atoms with E-state index in [9.17, 15) is 4.79 Å². The maximum absolute atomic E-state index is 10.7. The van der Waals surface area contributed by atoms with Crippen LogP contribution in [0, 0.1) is 0 Å². The SMILES string of the molecule is CC(=O)OOc1ccccc1Cc1ccccc1. The van der Waals surface area contributed by atoms with E-state index >= 15 is 0 Å². The molecule has 0 heterocycles. The van der Waals surface area contributed by atoms with E-state index < -0.39 is 5.97 Å². The lowest BCUT2D eigenvalue weighted by Gasteiger charge is -2.08. The van der Waals surface area contributed by atoms with Crippen molar-refractivity contribution < 1.29 is 14.6 Å². The smallest absolute Gasteiger partial charge is 0.287 e. The van der Waals surface area contributed by atoms with Gasteiger partial charge in [0.05, 0.1) is 0 Å². The number of benzene rings is 2. The maximum atomic E-state index is 10.7. The van der Waals surface area contributed by atoms with Crippen LogP contribution in [0.2, 0.25) is 0 Å². The quantitative estimate of drug-likeness (QED) is 0.610. The largest absolute Gasteiger partial charge is 0.352 e. The molecule has 0 saturated carbocycles. The van der Waals surface area contributed by atoms with Gasteiger partial charge in [-0.15, -0.1) is 0 Å². The van der Waals surface area contributed by atoms with Crippen LogP contribution in [0.3, 0.4) is 0 Å². The fourth-order valence-corrected chi connectivity index (χ4v) is 1.65. The van der Waals surface area contributed by atoms with Gasteiger partial charge in [-0.25, -0.2) is 4.79 Å². The number of hydrogen-bond donors (Lipinski definition) is 0. The summed E-state index contributed by atoms with van der Waals surface area (Å²) in [6.45, 7) is 1.31. The minimum Gasteiger partial charge on any atom is -0.287 e. The molecule has 0 fully saturated rings. The van der Waals surface area contributed by atoms with Crippen molar-refractivity contribution in [3.05, 3.63) is 65.7 Å². The summed E-state index contributed by atoms with van der Waals surface area (Å²) >= 11 is 0. The van der Waals surface area contributed by atoms with Crippen molar-refractivity contribution in [1.82, 2.24) is 0 Å². The number of rotatable bonds is 4. The van der Waals surface area contributed by atoms with Gasteiger partial charge in [-0.2, -0.15) is 0 Å². The van der Waals surface area contributed by atoms with Crippen molar-refractivity contribution in [1.29, 1.82) is 0 Å². The lowest BCUT2D eigenvalue weighted by molar-refractivity contribution is -0.211. The van der Waals surface area contributed by atoms with E-state index in [-0.39, 0.29) is 0 Å². The van der Waals surface area contributed by atoms with Crippen LogP contribution in [-0.4, -0.2) is 5.97 Å². The van der Waals surface area contributed by atoms with E-state index in [0.717, 1.165) is 12.0 Å². The molecule has 0 aromatic heterocycles. The normalized spacial score (nSPS) is 9.83. The molecule has 3 heteroatoms. The predicted octanol–water partition coefficient (Wildman–Crippen LogP) is 3.13. The number of para-hydroxylation sites is 1. The fraction of sp³-hybridized carbons (Fsp3) is 0.133. The van der Waals surface area contributed by atoms with Crippen molar-refractivity contribution >= 4 is 5.97 Å². The molecular formula is C15H14O3. The Morgan fingerprint density at radius 2 is 1.67 bits per heavy atom. The van der Waals surface area contributed by atoms with Crippen molar-refractivity contribution in [3.63, 3.8) is 0 Å². The first-order valence-electron chi connectivity index (χ1n) is 5.72. The second-order valence-corrected chi connectivity index (χ2v) is 3.93. The van der Waals surface area contributed by atoms with Crippen molar-refractivity contribution in [2.45, 2.75) is 13.3 Å². The molecule has 0 N–H and O–H groups in total. The first-order chi connectivity index (χ1) is 8.75. The molecule has 0 unspecified atom stereocenters. The van der Waals surface area contributed by atoms with Gasteiger partial charge < -0.3 is 0 Å². The molecule has 0 saturated heterocycles. The summed E-state index contributed by atoms with van der Waals surface area (Å²) < 4.78 is 0. The standard InChI is InChI=1S/C15H14O3/c1-12(16)17-18-15-10-6-5-9-14(15)11-13-7-3-2-4-8-13/h2-10H,11H2,1H3. The van der Waals surface area contributed by atoms with E-state index in [2.05, 4.69) is 4.89 Å². The molecule has 0 aliphatic carbocycles. The van der Waals surface area contributed by atoms with Gasteiger partial charge in [0.25, 0.3) is 0 Å². The monoisotopic (exact) mass is 242 g/mol. The van der Waals surface area contributed by atoms with E-state index in [1.807, 2.05) is 48.5 Å². The van der Waals surface area contributed by atoms with Crippen LogP contribution in [0.4, 0.5) is 0 Å². The van der Waals surface area contributed by atoms with Gasteiger partial charge in [0.2, 0.25) is 0 Å². The molecule has 0 atom stereocenters. The second-order valence-electron chi connectivity index (χ2n) is 3.93. The van der Waals surface area contributed by atoms with Crippen molar-refractivity contribution in [3.8, 4) is 5.75 Å². The van der Waals surface area contributed by atoms with Crippen LogP contribution >= 0.6 is 0 Å². The Labute approximate surface area is 106 Å².